The van der Waals surface area contributed by atoms with E-state index >= 15 is 0 Å². The molecule has 0 bridgehead atoms. The third-order valence-corrected chi connectivity index (χ3v) is 4.82. The smallest absolute Gasteiger partial charge is 0.263 e. The second kappa shape index (κ2) is 4.96. The monoisotopic (exact) mass is 298 g/mol. The van der Waals surface area contributed by atoms with Crippen LogP contribution >= 0.6 is 11.3 Å². The minimum atomic E-state index is 0.142. The molecule has 0 N–H and O–H groups in total. The van der Waals surface area contributed by atoms with Crippen molar-refractivity contribution in [3.8, 4) is 0 Å². The van der Waals surface area contributed by atoms with Crippen LogP contribution in [0.3, 0.4) is 0 Å². The fourth-order valence-corrected chi connectivity index (χ4v) is 3.62. The van der Waals surface area contributed by atoms with Crippen LogP contribution in [0.15, 0.2) is 42.2 Å². The van der Waals surface area contributed by atoms with E-state index in [1.807, 2.05) is 39.1 Å². The third kappa shape index (κ3) is 2.12. The maximum Gasteiger partial charge on any atom is 0.263 e. The number of aromatic nitrogens is 3. The number of likely N-dealkylation sites (tertiary alicyclic amines) is 1. The molecular formula is C15H14N4OS. The first kappa shape index (κ1) is 12.5. The summed E-state index contributed by atoms with van der Waals surface area (Å²) in [6, 6.07) is 5.84. The van der Waals surface area contributed by atoms with Gasteiger partial charge in [-0.25, -0.2) is 9.97 Å². The van der Waals surface area contributed by atoms with Crippen molar-refractivity contribution >= 4 is 23.0 Å². The number of amides is 1. The average Bonchev–Trinajstić information content (AvgIpc) is 3.25. The molecule has 1 aliphatic rings. The Balaban J connectivity index is 1.59. The van der Waals surface area contributed by atoms with E-state index in [0.717, 1.165) is 30.2 Å². The number of carbonyl (C=O) groups is 1. The van der Waals surface area contributed by atoms with Crippen LogP contribution in [-0.2, 0) is 0 Å². The topological polar surface area (TPSA) is 50.5 Å². The lowest BCUT2D eigenvalue weighted by molar-refractivity contribution is 0.0795. The molecule has 3 aromatic heterocycles. The summed E-state index contributed by atoms with van der Waals surface area (Å²) in [7, 11) is 0. The lowest BCUT2D eigenvalue weighted by Gasteiger charge is -2.16. The van der Waals surface area contributed by atoms with E-state index < -0.39 is 0 Å². The Labute approximate surface area is 125 Å². The van der Waals surface area contributed by atoms with E-state index in [-0.39, 0.29) is 5.91 Å². The first-order chi connectivity index (χ1) is 10.3. The molecule has 1 atom stereocenters. The summed E-state index contributed by atoms with van der Waals surface area (Å²) in [6.07, 6.45) is 6.46. The first-order valence-corrected chi connectivity index (χ1v) is 7.81. The van der Waals surface area contributed by atoms with Gasteiger partial charge in [-0.15, -0.1) is 11.3 Å². The van der Waals surface area contributed by atoms with Crippen molar-refractivity contribution in [3.05, 3.63) is 52.7 Å². The zero-order chi connectivity index (χ0) is 14.2. The van der Waals surface area contributed by atoms with Crippen molar-refractivity contribution < 1.29 is 4.79 Å². The average molecular weight is 298 g/mol. The van der Waals surface area contributed by atoms with Crippen LogP contribution in [-0.4, -0.2) is 38.3 Å². The minimum absolute atomic E-state index is 0.142. The molecule has 4 heterocycles. The lowest BCUT2D eigenvalue weighted by Crippen LogP contribution is -2.27. The van der Waals surface area contributed by atoms with Gasteiger partial charge in [0.25, 0.3) is 5.91 Å². The molecule has 0 radical (unpaired) electrons. The summed E-state index contributed by atoms with van der Waals surface area (Å²) in [5.41, 5.74) is 1.18. The Morgan fingerprint density at radius 3 is 3.05 bits per heavy atom. The Kier molecular flexibility index (Phi) is 2.96. The number of fused-ring (bicyclic) bond motifs is 1. The van der Waals surface area contributed by atoms with Gasteiger partial charge in [0, 0.05) is 43.3 Å². The van der Waals surface area contributed by atoms with E-state index in [9.17, 15) is 4.79 Å². The largest absolute Gasteiger partial charge is 0.337 e. The molecule has 1 saturated heterocycles. The van der Waals surface area contributed by atoms with Crippen molar-refractivity contribution in [2.75, 3.05) is 13.1 Å². The Morgan fingerprint density at radius 1 is 1.29 bits per heavy atom. The molecule has 0 saturated carbocycles. The van der Waals surface area contributed by atoms with Gasteiger partial charge in [0.1, 0.15) is 0 Å². The van der Waals surface area contributed by atoms with Crippen LogP contribution in [0.25, 0.3) is 5.78 Å². The number of rotatable bonds is 2. The highest BCUT2D eigenvalue weighted by Gasteiger charge is 2.29. The Morgan fingerprint density at radius 2 is 2.19 bits per heavy atom. The minimum Gasteiger partial charge on any atom is -0.337 e. The maximum atomic E-state index is 12.4. The predicted octanol–water partition coefficient (Wildman–Crippen LogP) is 2.42. The van der Waals surface area contributed by atoms with Gasteiger partial charge in [-0.1, -0.05) is 6.07 Å². The summed E-state index contributed by atoms with van der Waals surface area (Å²) in [5.74, 6) is 1.20. The van der Waals surface area contributed by atoms with Crippen molar-refractivity contribution in [1.82, 2.24) is 19.3 Å². The fraction of sp³-hybridized carbons (Fsp3) is 0.267. The molecule has 1 amide bonds. The Bertz CT molecular complexity index is 780. The van der Waals surface area contributed by atoms with Crippen LogP contribution < -0.4 is 0 Å². The number of hydrogen-bond donors (Lipinski definition) is 0. The standard InChI is InChI=1S/C15H14N4OS/c20-14(13-2-1-9-21-13)18-7-4-11(10-18)12-3-5-16-15-17-6-8-19(12)15/h1-3,5-6,8-9,11H,4,7,10H2/t11-/m1/s1. The summed E-state index contributed by atoms with van der Waals surface area (Å²) in [5, 5.41) is 1.94. The molecule has 106 valence electrons. The predicted molar refractivity (Wildman–Crippen MR) is 80.6 cm³/mol. The van der Waals surface area contributed by atoms with E-state index in [1.54, 1.807) is 12.4 Å². The van der Waals surface area contributed by atoms with Crippen LogP contribution in [0.2, 0.25) is 0 Å². The molecule has 0 unspecified atom stereocenters. The van der Waals surface area contributed by atoms with E-state index in [1.165, 1.54) is 17.0 Å². The molecule has 0 spiro atoms. The highest BCUT2D eigenvalue weighted by atomic mass is 32.1. The van der Waals surface area contributed by atoms with Crippen LogP contribution in [0, 0.1) is 0 Å². The van der Waals surface area contributed by atoms with Crippen molar-refractivity contribution in [2.24, 2.45) is 0 Å². The fourth-order valence-electron chi connectivity index (χ4n) is 2.93. The molecule has 21 heavy (non-hydrogen) atoms. The normalized spacial score (nSPS) is 18.5. The van der Waals surface area contributed by atoms with E-state index in [0.29, 0.717) is 5.92 Å². The molecule has 0 aliphatic carbocycles. The Hall–Kier alpha value is -2.21. The third-order valence-electron chi connectivity index (χ3n) is 3.96. The molecule has 5 nitrogen and oxygen atoms in total. The number of thiophene rings is 1. The number of imidazole rings is 1. The van der Waals surface area contributed by atoms with Gasteiger partial charge in [0.15, 0.2) is 0 Å². The molecule has 0 aromatic carbocycles. The maximum absolute atomic E-state index is 12.4. The lowest BCUT2D eigenvalue weighted by atomic mass is 10.0. The summed E-state index contributed by atoms with van der Waals surface area (Å²) in [6.45, 7) is 1.56. The van der Waals surface area contributed by atoms with Crippen molar-refractivity contribution in [3.63, 3.8) is 0 Å². The second-order valence-corrected chi connectivity index (χ2v) is 6.13. The second-order valence-electron chi connectivity index (χ2n) is 5.18. The molecule has 3 aromatic rings. The van der Waals surface area contributed by atoms with Gasteiger partial charge in [0.2, 0.25) is 5.78 Å². The number of carbonyl (C=O) groups excluding carboxylic acids is 1. The van der Waals surface area contributed by atoms with Crippen LogP contribution in [0.5, 0.6) is 0 Å². The van der Waals surface area contributed by atoms with E-state index in [4.69, 9.17) is 0 Å². The van der Waals surface area contributed by atoms with Gasteiger partial charge in [-0.2, -0.15) is 0 Å². The van der Waals surface area contributed by atoms with Crippen LogP contribution in [0.4, 0.5) is 0 Å². The SMILES string of the molecule is O=C(c1cccs1)N1CC[C@@H](c2ccnc3nccn23)C1. The van der Waals surface area contributed by atoms with Gasteiger partial charge < -0.3 is 4.90 Å². The first-order valence-electron chi connectivity index (χ1n) is 6.93. The molecule has 1 fully saturated rings. The summed E-state index contributed by atoms with van der Waals surface area (Å²) < 4.78 is 2.02. The van der Waals surface area contributed by atoms with Crippen LogP contribution in [0.1, 0.15) is 27.7 Å². The number of hydrogen-bond acceptors (Lipinski definition) is 4. The summed E-state index contributed by atoms with van der Waals surface area (Å²) >= 11 is 1.50. The zero-order valence-corrected chi connectivity index (χ0v) is 12.2. The molecule has 1 aliphatic heterocycles. The van der Waals surface area contributed by atoms with Crippen molar-refractivity contribution in [2.45, 2.75) is 12.3 Å². The molecular weight excluding hydrogens is 284 g/mol. The molecule has 4 rings (SSSR count). The van der Waals surface area contributed by atoms with Gasteiger partial charge >= 0.3 is 0 Å². The van der Waals surface area contributed by atoms with Gasteiger partial charge in [-0.3, -0.25) is 9.20 Å². The van der Waals surface area contributed by atoms with E-state index in [2.05, 4.69) is 9.97 Å². The highest BCUT2D eigenvalue weighted by Crippen LogP contribution is 2.28. The highest BCUT2D eigenvalue weighted by molar-refractivity contribution is 7.12. The quantitative estimate of drug-likeness (QED) is 0.730. The van der Waals surface area contributed by atoms with Crippen molar-refractivity contribution in [1.29, 1.82) is 0 Å². The summed E-state index contributed by atoms with van der Waals surface area (Å²) in [4.78, 5) is 23.6. The molecule has 6 heteroatoms. The van der Waals surface area contributed by atoms with Gasteiger partial charge in [-0.05, 0) is 23.9 Å². The van der Waals surface area contributed by atoms with Gasteiger partial charge in [0.05, 0.1) is 4.88 Å². The zero-order valence-electron chi connectivity index (χ0n) is 11.3. The number of nitrogens with zero attached hydrogens (tertiary/aromatic N) is 4.